The van der Waals surface area contributed by atoms with Crippen molar-refractivity contribution in [1.29, 1.82) is 0 Å². The number of aromatic nitrogens is 1. The Kier molecular flexibility index (Phi) is 4.84. The van der Waals surface area contributed by atoms with E-state index in [0.717, 1.165) is 17.7 Å². The van der Waals surface area contributed by atoms with E-state index in [1.54, 1.807) is 35.2 Å². The number of carbonyl (C=O) groups is 2. The van der Waals surface area contributed by atoms with Crippen LogP contribution in [0.1, 0.15) is 33.3 Å². The van der Waals surface area contributed by atoms with Crippen LogP contribution in [-0.2, 0) is 6.42 Å². The molecule has 28 heavy (non-hydrogen) atoms. The van der Waals surface area contributed by atoms with E-state index in [9.17, 15) is 9.59 Å². The van der Waals surface area contributed by atoms with Gasteiger partial charge in [-0.3, -0.25) is 14.6 Å². The predicted molar refractivity (Wildman–Crippen MR) is 110 cm³/mol. The van der Waals surface area contributed by atoms with E-state index >= 15 is 0 Å². The van der Waals surface area contributed by atoms with Gasteiger partial charge in [-0.05, 0) is 61.4 Å². The number of carbonyl (C=O) groups excluding carboxylic acids is 2. The molecule has 2 aromatic carbocycles. The Labute approximate surface area is 168 Å². The van der Waals surface area contributed by atoms with Gasteiger partial charge in [-0.15, -0.1) is 0 Å². The van der Waals surface area contributed by atoms with E-state index < -0.39 is 0 Å². The molecule has 1 unspecified atom stereocenters. The topological polar surface area (TPSA) is 62.3 Å². The molecule has 0 fully saturated rings. The summed E-state index contributed by atoms with van der Waals surface area (Å²) in [5, 5.41) is 3.39. The van der Waals surface area contributed by atoms with E-state index in [1.165, 1.54) is 12.3 Å². The van der Waals surface area contributed by atoms with Crippen LogP contribution >= 0.6 is 11.6 Å². The van der Waals surface area contributed by atoms with E-state index in [0.29, 0.717) is 16.3 Å². The number of para-hydroxylation sites is 1. The zero-order chi connectivity index (χ0) is 19.7. The summed E-state index contributed by atoms with van der Waals surface area (Å²) in [5.74, 6) is -0.521. The second-order valence-electron chi connectivity index (χ2n) is 6.75. The van der Waals surface area contributed by atoms with Gasteiger partial charge in [0.25, 0.3) is 11.8 Å². The van der Waals surface area contributed by atoms with Gasteiger partial charge in [-0.1, -0.05) is 29.8 Å². The number of nitrogens with zero attached hydrogens (tertiary/aromatic N) is 2. The molecule has 0 aliphatic carbocycles. The lowest BCUT2D eigenvalue weighted by Crippen LogP contribution is -2.36. The monoisotopic (exact) mass is 391 g/mol. The summed E-state index contributed by atoms with van der Waals surface area (Å²) in [5.41, 5.74) is 3.28. The zero-order valence-corrected chi connectivity index (χ0v) is 16.0. The first kappa shape index (κ1) is 18.2. The third-order valence-corrected chi connectivity index (χ3v) is 5.02. The van der Waals surface area contributed by atoms with E-state index in [4.69, 9.17) is 11.6 Å². The molecule has 0 radical (unpaired) electrons. The maximum Gasteiger partial charge on any atom is 0.277 e. The van der Waals surface area contributed by atoms with Crippen LogP contribution in [0.3, 0.4) is 0 Å². The van der Waals surface area contributed by atoms with Crippen LogP contribution in [0.2, 0.25) is 5.02 Å². The molecule has 1 aliphatic rings. The number of halogens is 1. The third kappa shape index (κ3) is 3.49. The Bertz CT molecular complexity index is 1050. The number of rotatable bonds is 3. The molecule has 0 saturated carbocycles. The number of amides is 2. The van der Waals surface area contributed by atoms with Gasteiger partial charge >= 0.3 is 0 Å². The van der Waals surface area contributed by atoms with Crippen LogP contribution in [0.15, 0.2) is 66.9 Å². The molecular formula is C22H18ClN3O2. The molecule has 3 aromatic rings. The third-order valence-electron chi connectivity index (χ3n) is 4.77. The highest BCUT2D eigenvalue weighted by Crippen LogP contribution is 2.32. The smallest absolute Gasteiger partial charge is 0.277 e. The highest BCUT2D eigenvalue weighted by molar-refractivity contribution is 6.30. The van der Waals surface area contributed by atoms with E-state index in [1.807, 2.05) is 31.2 Å². The SMILES string of the molecule is CC1Cc2ccccc2N1C(=O)c1cc(C(=O)Nc2ccc(Cl)cc2)ccn1. The highest BCUT2D eigenvalue weighted by Gasteiger charge is 2.32. The molecule has 2 amide bonds. The van der Waals surface area contributed by atoms with Crippen molar-refractivity contribution in [1.82, 2.24) is 4.98 Å². The van der Waals surface area contributed by atoms with Gasteiger partial charge in [0.15, 0.2) is 0 Å². The van der Waals surface area contributed by atoms with Gasteiger partial charge in [0.05, 0.1) is 0 Å². The highest BCUT2D eigenvalue weighted by atomic mass is 35.5. The van der Waals surface area contributed by atoms with Crippen LogP contribution in [0.5, 0.6) is 0 Å². The van der Waals surface area contributed by atoms with Gasteiger partial charge in [0, 0.05) is 34.2 Å². The Morgan fingerprint density at radius 2 is 1.86 bits per heavy atom. The molecule has 0 bridgehead atoms. The fourth-order valence-corrected chi connectivity index (χ4v) is 3.55. The average Bonchev–Trinajstić information content (AvgIpc) is 3.05. The summed E-state index contributed by atoms with van der Waals surface area (Å²) in [6.45, 7) is 2.01. The summed E-state index contributed by atoms with van der Waals surface area (Å²) >= 11 is 5.87. The molecule has 0 saturated heterocycles. The fraction of sp³-hybridized carbons (Fsp3) is 0.136. The number of benzene rings is 2. The minimum atomic E-state index is -0.311. The summed E-state index contributed by atoms with van der Waals surface area (Å²) in [4.78, 5) is 31.6. The number of nitrogens with one attached hydrogen (secondary N) is 1. The molecule has 6 heteroatoms. The molecule has 140 valence electrons. The molecule has 1 atom stereocenters. The lowest BCUT2D eigenvalue weighted by atomic mass is 10.1. The van der Waals surface area contributed by atoms with Gasteiger partial charge in [-0.2, -0.15) is 0 Å². The van der Waals surface area contributed by atoms with Gasteiger partial charge < -0.3 is 10.2 Å². The number of hydrogen-bond donors (Lipinski definition) is 1. The van der Waals surface area contributed by atoms with Crippen LogP contribution < -0.4 is 10.2 Å². The largest absolute Gasteiger partial charge is 0.322 e. The fourth-order valence-electron chi connectivity index (χ4n) is 3.42. The van der Waals surface area contributed by atoms with E-state index in [-0.39, 0.29) is 23.6 Å². The molecule has 0 spiro atoms. The minimum Gasteiger partial charge on any atom is -0.322 e. The predicted octanol–water partition coefficient (Wildman–Crippen LogP) is 4.58. The maximum atomic E-state index is 13.1. The summed E-state index contributed by atoms with van der Waals surface area (Å²) in [7, 11) is 0. The molecule has 2 heterocycles. The van der Waals surface area contributed by atoms with E-state index in [2.05, 4.69) is 10.3 Å². The van der Waals surface area contributed by atoms with Crippen LogP contribution in [0, 0.1) is 0 Å². The Morgan fingerprint density at radius 3 is 2.64 bits per heavy atom. The van der Waals surface area contributed by atoms with Crippen molar-refractivity contribution >= 4 is 34.8 Å². The summed E-state index contributed by atoms with van der Waals surface area (Å²) in [6.07, 6.45) is 2.29. The first-order valence-corrected chi connectivity index (χ1v) is 9.35. The number of pyridine rings is 1. The van der Waals surface area contributed by atoms with Crippen molar-refractivity contribution in [2.24, 2.45) is 0 Å². The van der Waals surface area contributed by atoms with Gasteiger partial charge in [0.2, 0.25) is 0 Å². The molecule has 4 rings (SSSR count). The molecule has 1 aliphatic heterocycles. The Morgan fingerprint density at radius 1 is 1.11 bits per heavy atom. The molecule has 1 aromatic heterocycles. The Balaban J connectivity index is 1.57. The molecule has 1 N–H and O–H groups in total. The van der Waals surface area contributed by atoms with Crippen molar-refractivity contribution in [3.8, 4) is 0 Å². The standard InChI is InChI=1S/C22H18ClN3O2/c1-14-12-15-4-2-3-5-20(15)26(14)22(28)19-13-16(10-11-24-19)21(27)25-18-8-6-17(23)7-9-18/h2-11,13-14H,12H2,1H3,(H,25,27). The first-order chi connectivity index (χ1) is 13.5. The second-order valence-corrected chi connectivity index (χ2v) is 7.18. The van der Waals surface area contributed by atoms with Gasteiger partial charge in [-0.25, -0.2) is 0 Å². The first-order valence-electron chi connectivity index (χ1n) is 8.97. The van der Waals surface area contributed by atoms with Gasteiger partial charge in [0.1, 0.15) is 5.69 Å². The van der Waals surface area contributed by atoms with Crippen LogP contribution in [0.4, 0.5) is 11.4 Å². The lowest BCUT2D eigenvalue weighted by molar-refractivity contribution is 0.0976. The van der Waals surface area contributed by atoms with Crippen LogP contribution in [-0.4, -0.2) is 22.8 Å². The number of hydrogen-bond acceptors (Lipinski definition) is 3. The van der Waals surface area contributed by atoms with Crippen LogP contribution in [0.25, 0.3) is 0 Å². The normalized spacial score (nSPS) is 15.2. The van der Waals surface area contributed by atoms with Crippen molar-refractivity contribution in [3.05, 3.63) is 88.7 Å². The van der Waals surface area contributed by atoms with Crippen molar-refractivity contribution < 1.29 is 9.59 Å². The second kappa shape index (κ2) is 7.44. The van der Waals surface area contributed by atoms with Crippen molar-refractivity contribution in [2.75, 3.05) is 10.2 Å². The number of anilines is 2. The average molecular weight is 392 g/mol. The minimum absolute atomic E-state index is 0.0400. The molecular weight excluding hydrogens is 374 g/mol. The summed E-state index contributed by atoms with van der Waals surface area (Å²) < 4.78 is 0. The van der Waals surface area contributed by atoms with Crippen molar-refractivity contribution in [3.63, 3.8) is 0 Å². The van der Waals surface area contributed by atoms with Crippen molar-refractivity contribution in [2.45, 2.75) is 19.4 Å². The Hall–Kier alpha value is -3.18. The quantitative estimate of drug-likeness (QED) is 0.710. The maximum absolute atomic E-state index is 13.1. The molecule has 5 nitrogen and oxygen atoms in total. The lowest BCUT2D eigenvalue weighted by Gasteiger charge is -2.22. The zero-order valence-electron chi connectivity index (χ0n) is 15.2. The number of fused-ring (bicyclic) bond motifs is 1. The summed E-state index contributed by atoms with van der Waals surface area (Å²) in [6, 6.07) is 17.8.